The average Bonchev–Trinajstić information content (AvgIpc) is 2.46. The maximum atomic E-state index is 9.40. The number of hydrogen-bond donors (Lipinski definition) is 4. The zero-order valence-electron chi connectivity index (χ0n) is 12.3. The number of phenols is 3. The second-order valence-electron chi connectivity index (χ2n) is 5.10. The lowest BCUT2D eigenvalue weighted by molar-refractivity contribution is 0.403. The van der Waals surface area contributed by atoms with Gasteiger partial charge in [0.1, 0.15) is 5.75 Å². The molecule has 120 valence electrons. The molecule has 0 aliphatic rings. The zero-order valence-corrected chi connectivity index (χ0v) is 13.1. The van der Waals surface area contributed by atoms with Gasteiger partial charge in [0, 0.05) is 0 Å². The first-order valence-corrected chi connectivity index (χ1v) is 7.14. The van der Waals surface area contributed by atoms with Gasteiger partial charge in [0.05, 0.1) is 0 Å². The lowest BCUT2D eigenvalue weighted by Gasteiger charge is -2.06. The molecule has 0 radical (unpaired) electrons. The largest absolute Gasteiger partial charge is 0.508 e. The normalized spacial score (nSPS) is 10.2. The third kappa shape index (κ3) is 5.84. The van der Waals surface area contributed by atoms with Crippen LogP contribution >= 0.6 is 12.4 Å². The summed E-state index contributed by atoms with van der Waals surface area (Å²) in [6.45, 7) is 1.73. The lowest BCUT2D eigenvalue weighted by atomic mass is 10.1. The molecule has 0 bridgehead atoms. The van der Waals surface area contributed by atoms with Gasteiger partial charge in [-0.05, 0) is 67.7 Å². The number of benzene rings is 2. The number of hydrogen-bond acceptors (Lipinski definition) is 4. The molecule has 2 rings (SSSR count). The highest BCUT2D eigenvalue weighted by molar-refractivity contribution is 5.85. The minimum atomic E-state index is -0.0853. The monoisotopic (exact) mass is 323 g/mol. The quantitative estimate of drug-likeness (QED) is 0.467. The van der Waals surface area contributed by atoms with Gasteiger partial charge < -0.3 is 20.6 Å². The summed E-state index contributed by atoms with van der Waals surface area (Å²) in [5.74, 6) is 0.154. The number of aromatic hydroxyl groups is 3. The smallest absolute Gasteiger partial charge is 0.157 e. The van der Waals surface area contributed by atoms with Crippen molar-refractivity contribution < 1.29 is 15.3 Å². The first kappa shape index (κ1) is 18.1. The molecule has 0 amide bonds. The van der Waals surface area contributed by atoms with Gasteiger partial charge in [-0.3, -0.25) is 0 Å². The van der Waals surface area contributed by atoms with Crippen LogP contribution in [0.25, 0.3) is 0 Å². The highest BCUT2D eigenvalue weighted by Gasteiger charge is 2.00. The summed E-state index contributed by atoms with van der Waals surface area (Å²) in [6, 6.07) is 12.2. The summed E-state index contributed by atoms with van der Waals surface area (Å²) in [5.41, 5.74) is 2.13. The standard InChI is InChI=1S/C17H21NO3.ClH/c19-15-5-1-3-13(11-15)4-2-9-18-10-8-14-6-7-16(20)17(21)12-14;/h1,3,5-7,11-12,18-21H,2,4,8-10H2;1H. The van der Waals surface area contributed by atoms with Gasteiger partial charge in [-0.15, -0.1) is 12.4 Å². The van der Waals surface area contributed by atoms with Crippen LogP contribution in [-0.4, -0.2) is 28.4 Å². The number of aryl methyl sites for hydroxylation is 1. The van der Waals surface area contributed by atoms with Crippen LogP contribution < -0.4 is 5.32 Å². The van der Waals surface area contributed by atoms with Crippen LogP contribution in [0.4, 0.5) is 0 Å². The van der Waals surface area contributed by atoms with Crippen molar-refractivity contribution in [3.8, 4) is 17.2 Å². The molecule has 0 fully saturated rings. The van der Waals surface area contributed by atoms with Crippen LogP contribution in [-0.2, 0) is 12.8 Å². The second kappa shape index (κ2) is 9.18. The third-order valence-corrected chi connectivity index (χ3v) is 3.36. The predicted molar refractivity (Wildman–Crippen MR) is 90.0 cm³/mol. The van der Waals surface area contributed by atoms with Gasteiger partial charge in [-0.25, -0.2) is 0 Å². The van der Waals surface area contributed by atoms with Crippen molar-refractivity contribution in [2.75, 3.05) is 13.1 Å². The summed E-state index contributed by atoms with van der Waals surface area (Å²) in [6.07, 6.45) is 2.74. The van der Waals surface area contributed by atoms with Crippen molar-refractivity contribution in [1.29, 1.82) is 0 Å². The summed E-state index contributed by atoms with van der Waals surface area (Å²) in [4.78, 5) is 0. The highest BCUT2D eigenvalue weighted by Crippen LogP contribution is 2.24. The molecule has 0 aliphatic carbocycles. The fourth-order valence-electron chi connectivity index (χ4n) is 2.21. The van der Waals surface area contributed by atoms with Gasteiger partial charge in [-0.2, -0.15) is 0 Å². The van der Waals surface area contributed by atoms with Gasteiger partial charge in [0.25, 0.3) is 0 Å². The van der Waals surface area contributed by atoms with Crippen LogP contribution in [0.1, 0.15) is 17.5 Å². The fourth-order valence-corrected chi connectivity index (χ4v) is 2.21. The third-order valence-electron chi connectivity index (χ3n) is 3.36. The van der Waals surface area contributed by atoms with E-state index in [2.05, 4.69) is 5.32 Å². The predicted octanol–water partition coefficient (Wildman–Crippen LogP) is 2.99. The first-order chi connectivity index (χ1) is 10.1. The molecule has 0 saturated heterocycles. The molecule has 2 aromatic rings. The summed E-state index contributed by atoms with van der Waals surface area (Å²) < 4.78 is 0. The van der Waals surface area contributed by atoms with Crippen molar-refractivity contribution in [3.05, 3.63) is 53.6 Å². The number of nitrogens with one attached hydrogen (secondary N) is 1. The maximum absolute atomic E-state index is 9.40. The number of phenolic OH excluding ortho intramolecular Hbond substituents is 3. The van der Waals surface area contributed by atoms with E-state index in [1.165, 1.54) is 6.07 Å². The SMILES string of the molecule is Cl.Oc1cccc(CCCNCCc2ccc(O)c(O)c2)c1. The number of halogens is 1. The van der Waals surface area contributed by atoms with Gasteiger partial charge >= 0.3 is 0 Å². The van der Waals surface area contributed by atoms with Crippen molar-refractivity contribution in [1.82, 2.24) is 5.32 Å². The molecule has 0 atom stereocenters. The Bertz CT molecular complexity index is 590. The fraction of sp³-hybridized carbons (Fsp3) is 0.294. The summed E-state index contributed by atoms with van der Waals surface area (Å²) in [5, 5.41) is 31.3. The number of rotatable bonds is 7. The Labute approximate surface area is 136 Å². The van der Waals surface area contributed by atoms with Crippen molar-refractivity contribution >= 4 is 12.4 Å². The van der Waals surface area contributed by atoms with Crippen LogP contribution in [0.5, 0.6) is 17.2 Å². The minimum absolute atomic E-state index is 0. The Morgan fingerprint density at radius 1 is 0.773 bits per heavy atom. The molecule has 0 spiro atoms. The van der Waals surface area contributed by atoms with Crippen molar-refractivity contribution in [3.63, 3.8) is 0 Å². The Morgan fingerprint density at radius 3 is 2.27 bits per heavy atom. The Hall–Kier alpha value is -1.91. The Kier molecular flexibility index (Phi) is 7.57. The highest BCUT2D eigenvalue weighted by atomic mass is 35.5. The molecule has 0 unspecified atom stereocenters. The van der Waals surface area contributed by atoms with Crippen molar-refractivity contribution in [2.45, 2.75) is 19.3 Å². The first-order valence-electron chi connectivity index (χ1n) is 7.14. The van der Waals surface area contributed by atoms with E-state index >= 15 is 0 Å². The molecule has 5 heteroatoms. The van der Waals surface area contributed by atoms with E-state index in [1.54, 1.807) is 18.2 Å². The van der Waals surface area contributed by atoms with Crippen molar-refractivity contribution in [2.24, 2.45) is 0 Å². The molecular formula is C17H22ClNO3. The van der Waals surface area contributed by atoms with E-state index in [4.69, 9.17) is 0 Å². The summed E-state index contributed by atoms with van der Waals surface area (Å²) >= 11 is 0. The average molecular weight is 324 g/mol. The molecule has 0 aliphatic heterocycles. The Balaban J connectivity index is 0.00000242. The molecule has 0 heterocycles. The molecule has 4 N–H and O–H groups in total. The van der Waals surface area contributed by atoms with Crippen LogP contribution in [0.2, 0.25) is 0 Å². The van der Waals surface area contributed by atoms with Gasteiger partial charge in [0.2, 0.25) is 0 Å². The van der Waals surface area contributed by atoms with E-state index < -0.39 is 0 Å². The minimum Gasteiger partial charge on any atom is -0.508 e. The molecule has 0 aromatic heterocycles. The molecule has 0 saturated carbocycles. The maximum Gasteiger partial charge on any atom is 0.157 e. The second-order valence-corrected chi connectivity index (χ2v) is 5.10. The van der Waals surface area contributed by atoms with Crippen LogP contribution in [0, 0.1) is 0 Å². The van der Waals surface area contributed by atoms with Gasteiger partial charge in [0.15, 0.2) is 11.5 Å². The lowest BCUT2D eigenvalue weighted by Crippen LogP contribution is -2.19. The Morgan fingerprint density at radius 2 is 1.55 bits per heavy atom. The van der Waals surface area contributed by atoms with E-state index in [-0.39, 0.29) is 23.9 Å². The zero-order chi connectivity index (χ0) is 15.1. The molecule has 22 heavy (non-hydrogen) atoms. The topological polar surface area (TPSA) is 72.7 Å². The summed E-state index contributed by atoms with van der Waals surface area (Å²) in [7, 11) is 0. The van der Waals surface area contributed by atoms with E-state index in [1.807, 2.05) is 18.2 Å². The molecular weight excluding hydrogens is 302 g/mol. The van der Waals surface area contributed by atoms with E-state index in [0.29, 0.717) is 5.75 Å². The van der Waals surface area contributed by atoms with E-state index in [0.717, 1.165) is 43.5 Å². The van der Waals surface area contributed by atoms with E-state index in [9.17, 15) is 15.3 Å². The van der Waals surface area contributed by atoms with Crippen LogP contribution in [0.15, 0.2) is 42.5 Å². The van der Waals surface area contributed by atoms with Crippen LogP contribution in [0.3, 0.4) is 0 Å². The molecule has 4 nitrogen and oxygen atoms in total. The van der Waals surface area contributed by atoms with Gasteiger partial charge in [-0.1, -0.05) is 18.2 Å². The molecule has 2 aromatic carbocycles.